The lowest BCUT2D eigenvalue weighted by molar-refractivity contribution is 0.441. The number of hydrogen-bond acceptors (Lipinski definition) is 1. The molecule has 146 valence electrons. The first kappa shape index (κ1) is 20.8. The van der Waals surface area contributed by atoms with E-state index in [1.54, 1.807) is 0 Å². The lowest BCUT2D eigenvalue weighted by Crippen LogP contribution is -2.28. The van der Waals surface area contributed by atoms with E-state index in [1.165, 1.54) is 16.7 Å². The molecule has 2 aromatic rings. The van der Waals surface area contributed by atoms with Gasteiger partial charge in [0.1, 0.15) is 0 Å². The topological polar surface area (TPSA) is 3.24 Å². The molecule has 1 aliphatic heterocycles. The van der Waals surface area contributed by atoms with Gasteiger partial charge in [-0.05, 0) is 54.0 Å². The van der Waals surface area contributed by atoms with Crippen molar-refractivity contribution in [3.05, 3.63) is 107 Å². The molecule has 28 heavy (non-hydrogen) atoms. The quantitative estimate of drug-likeness (QED) is 0.413. The maximum atomic E-state index is 6.68. The van der Waals surface area contributed by atoms with Gasteiger partial charge in [-0.3, -0.25) is 0 Å². The van der Waals surface area contributed by atoms with E-state index >= 15 is 0 Å². The van der Waals surface area contributed by atoms with Crippen molar-refractivity contribution in [1.82, 2.24) is 4.90 Å². The molecule has 0 saturated carbocycles. The predicted molar refractivity (Wildman–Crippen MR) is 122 cm³/mol. The Labute approximate surface area is 179 Å². The number of aryl methyl sites for hydroxylation is 2. The number of hydrogen-bond donors (Lipinski definition) is 0. The molecule has 0 N–H and O–H groups in total. The standard InChI is InChI=1S/C25H27Cl2N/c1-20-16-25(17-26)28(18-23(20)14-12-21-8-4-2-5-9-21)19-24(27)15-13-22-10-6-3-7-11-22/h2-11,16,18,24H,1,12-15,17,19H2. The summed E-state index contributed by atoms with van der Waals surface area (Å²) < 4.78 is 0. The molecule has 1 unspecified atom stereocenters. The highest BCUT2D eigenvalue weighted by Gasteiger charge is 2.18. The summed E-state index contributed by atoms with van der Waals surface area (Å²) in [5.74, 6) is 0.462. The van der Waals surface area contributed by atoms with Crippen molar-refractivity contribution in [2.24, 2.45) is 0 Å². The average Bonchev–Trinajstić information content (AvgIpc) is 2.73. The minimum Gasteiger partial charge on any atom is -0.349 e. The first-order valence-corrected chi connectivity index (χ1v) is 10.8. The summed E-state index contributed by atoms with van der Waals surface area (Å²) in [5.41, 5.74) is 6.05. The molecule has 2 aromatic carbocycles. The maximum absolute atomic E-state index is 6.68. The molecule has 0 amide bonds. The van der Waals surface area contributed by atoms with Crippen LogP contribution in [-0.4, -0.2) is 22.7 Å². The van der Waals surface area contributed by atoms with Crippen LogP contribution in [0.3, 0.4) is 0 Å². The molecule has 0 saturated heterocycles. The first-order chi connectivity index (χ1) is 13.7. The van der Waals surface area contributed by atoms with Crippen LogP contribution in [0.4, 0.5) is 0 Å². The SMILES string of the molecule is C=C1C=C(CCl)N(CC(Cl)CCc2ccccc2)C=C1CCc1ccccc1. The van der Waals surface area contributed by atoms with Gasteiger partial charge in [-0.15, -0.1) is 23.2 Å². The Morgan fingerprint density at radius 3 is 2.07 bits per heavy atom. The molecular weight excluding hydrogens is 385 g/mol. The maximum Gasteiger partial charge on any atom is 0.0627 e. The Kier molecular flexibility index (Phi) is 7.82. The van der Waals surface area contributed by atoms with E-state index in [0.717, 1.165) is 43.5 Å². The van der Waals surface area contributed by atoms with Gasteiger partial charge < -0.3 is 4.90 Å². The van der Waals surface area contributed by atoms with Crippen molar-refractivity contribution in [3.63, 3.8) is 0 Å². The summed E-state index contributed by atoms with van der Waals surface area (Å²) in [7, 11) is 0. The minimum absolute atomic E-state index is 0.0600. The molecule has 3 heteroatoms. The summed E-state index contributed by atoms with van der Waals surface area (Å²) in [6, 6.07) is 21.1. The molecule has 0 bridgehead atoms. The van der Waals surface area contributed by atoms with Crippen molar-refractivity contribution in [3.8, 4) is 0 Å². The number of benzene rings is 2. The Bertz CT molecular complexity index is 824. The number of alkyl halides is 2. The van der Waals surface area contributed by atoms with Crippen molar-refractivity contribution in [2.75, 3.05) is 12.4 Å². The zero-order valence-corrected chi connectivity index (χ0v) is 17.7. The third-order valence-electron chi connectivity index (χ3n) is 5.08. The summed E-state index contributed by atoms with van der Waals surface area (Å²) in [5, 5.41) is 0.0600. The third kappa shape index (κ3) is 6.02. The first-order valence-electron chi connectivity index (χ1n) is 9.81. The van der Waals surface area contributed by atoms with Crippen LogP contribution in [-0.2, 0) is 12.8 Å². The zero-order valence-electron chi connectivity index (χ0n) is 16.2. The van der Waals surface area contributed by atoms with Crippen molar-refractivity contribution in [2.45, 2.75) is 31.1 Å². The van der Waals surface area contributed by atoms with Gasteiger partial charge in [0.05, 0.1) is 11.3 Å². The number of rotatable bonds is 9. The van der Waals surface area contributed by atoms with Crippen molar-refractivity contribution < 1.29 is 0 Å². The Hall–Kier alpha value is -1.96. The van der Waals surface area contributed by atoms with E-state index in [9.17, 15) is 0 Å². The summed E-state index contributed by atoms with van der Waals surface area (Å²) in [6.45, 7) is 4.99. The molecule has 1 atom stereocenters. The van der Waals surface area contributed by atoms with Gasteiger partial charge in [0.15, 0.2) is 0 Å². The molecule has 0 spiro atoms. The van der Waals surface area contributed by atoms with Crippen LogP contribution in [0.15, 0.2) is 96.4 Å². The van der Waals surface area contributed by atoms with Crippen LogP contribution < -0.4 is 0 Å². The monoisotopic (exact) mass is 411 g/mol. The fourth-order valence-electron chi connectivity index (χ4n) is 3.44. The lowest BCUT2D eigenvalue weighted by Gasteiger charge is -2.30. The van der Waals surface area contributed by atoms with Crippen LogP contribution >= 0.6 is 23.2 Å². The molecule has 0 fully saturated rings. The van der Waals surface area contributed by atoms with Crippen LogP contribution in [0.5, 0.6) is 0 Å². The normalized spacial score (nSPS) is 15.2. The molecule has 0 aliphatic carbocycles. The Balaban J connectivity index is 1.60. The van der Waals surface area contributed by atoms with Gasteiger partial charge in [-0.25, -0.2) is 0 Å². The number of allylic oxidation sites excluding steroid dienone is 4. The third-order valence-corrected chi connectivity index (χ3v) is 5.71. The van der Waals surface area contributed by atoms with E-state index in [4.69, 9.17) is 23.2 Å². The second kappa shape index (κ2) is 10.5. The van der Waals surface area contributed by atoms with E-state index in [2.05, 4.69) is 78.4 Å². The van der Waals surface area contributed by atoms with Gasteiger partial charge >= 0.3 is 0 Å². The van der Waals surface area contributed by atoms with Crippen LogP contribution in [0.25, 0.3) is 0 Å². The van der Waals surface area contributed by atoms with E-state index in [0.29, 0.717) is 5.88 Å². The molecular formula is C25H27Cl2N. The Morgan fingerprint density at radius 1 is 0.857 bits per heavy atom. The fraction of sp³-hybridized carbons (Fsp3) is 0.280. The van der Waals surface area contributed by atoms with Crippen LogP contribution in [0.2, 0.25) is 0 Å². The highest BCUT2D eigenvalue weighted by Crippen LogP contribution is 2.27. The van der Waals surface area contributed by atoms with E-state index in [-0.39, 0.29) is 5.38 Å². The van der Waals surface area contributed by atoms with E-state index in [1.807, 2.05) is 6.07 Å². The van der Waals surface area contributed by atoms with Crippen molar-refractivity contribution in [1.29, 1.82) is 0 Å². The predicted octanol–water partition coefficient (Wildman–Crippen LogP) is 6.74. The average molecular weight is 412 g/mol. The number of halogens is 2. The summed E-state index contributed by atoms with van der Waals surface area (Å²) in [6.07, 6.45) is 8.19. The van der Waals surface area contributed by atoms with Gasteiger partial charge in [-0.1, -0.05) is 67.2 Å². The molecule has 1 aliphatic rings. The highest BCUT2D eigenvalue weighted by molar-refractivity contribution is 6.21. The summed E-state index contributed by atoms with van der Waals surface area (Å²) in [4.78, 5) is 2.21. The smallest absolute Gasteiger partial charge is 0.0627 e. The van der Waals surface area contributed by atoms with Gasteiger partial charge in [0, 0.05) is 18.4 Å². The lowest BCUT2D eigenvalue weighted by atomic mass is 9.97. The van der Waals surface area contributed by atoms with Gasteiger partial charge in [-0.2, -0.15) is 0 Å². The van der Waals surface area contributed by atoms with E-state index < -0.39 is 0 Å². The second-order valence-corrected chi connectivity index (χ2v) is 8.09. The second-order valence-electron chi connectivity index (χ2n) is 7.21. The molecule has 1 nitrogen and oxygen atoms in total. The fourth-order valence-corrected chi connectivity index (χ4v) is 3.93. The summed E-state index contributed by atoms with van der Waals surface area (Å²) >= 11 is 12.9. The number of nitrogens with zero attached hydrogens (tertiary/aromatic N) is 1. The van der Waals surface area contributed by atoms with Crippen LogP contribution in [0, 0.1) is 0 Å². The van der Waals surface area contributed by atoms with Gasteiger partial charge in [0.2, 0.25) is 0 Å². The molecule has 0 radical (unpaired) electrons. The molecule has 3 rings (SSSR count). The molecule has 0 aromatic heterocycles. The van der Waals surface area contributed by atoms with Crippen LogP contribution in [0.1, 0.15) is 24.0 Å². The zero-order chi connectivity index (χ0) is 19.8. The highest BCUT2D eigenvalue weighted by atomic mass is 35.5. The largest absolute Gasteiger partial charge is 0.349 e. The van der Waals surface area contributed by atoms with Gasteiger partial charge in [0.25, 0.3) is 0 Å². The Morgan fingerprint density at radius 2 is 1.46 bits per heavy atom. The minimum atomic E-state index is 0.0600. The molecule has 1 heterocycles. The van der Waals surface area contributed by atoms with Crippen molar-refractivity contribution >= 4 is 23.2 Å².